The Balaban J connectivity index is 1.30. The van der Waals surface area contributed by atoms with Gasteiger partial charge in [-0.05, 0) is 36.8 Å². The van der Waals surface area contributed by atoms with Crippen molar-refractivity contribution in [2.45, 2.75) is 19.4 Å². The molecule has 0 fully saturated rings. The maximum absolute atomic E-state index is 12.6. The van der Waals surface area contributed by atoms with Crippen LogP contribution >= 0.6 is 0 Å². The van der Waals surface area contributed by atoms with Gasteiger partial charge in [0.2, 0.25) is 11.9 Å². The van der Waals surface area contributed by atoms with Crippen LogP contribution in [0.1, 0.15) is 23.2 Å². The number of aryl methyl sites for hydroxylation is 1. The zero-order chi connectivity index (χ0) is 25.8. The van der Waals surface area contributed by atoms with Crippen LogP contribution in [0.3, 0.4) is 0 Å². The van der Waals surface area contributed by atoms with Crippen LogP contribution in [0.5, 0.6) is 5.75 Å². The highest BCUT2D eigenvalue weighted by Crippen LogP contribution is 2.35. The summed E-state index contributed by atoms with van der Waals surface area (Å²) in [6, 6.07) is 5.17. The molecule has 0 radical (unpaired) electrons. The summed E-state index contributed by atoms with van der Waals surface area (Å²) in [5, 5.41) is 6.13. The summed E-state index contributed by atoms with van der Waals surface area (Å²) in [4.78, 5) is 41.9. The second-order valence-electron chi connectivity index (χ2n) is 8.66. The normalized spacial score (nSPS) is 14.4. The minimum absolute atomic E-state index is 0.00854. The molecule has 0 spiro atoms. The number of amides is 2. The zero-order valence-corrected chi connectivity index (χ0v) is 20.7. The van der Waals surface area contributed by atoms with Gasteiger partial charge in [0.25, 0.3) is 5.91 Å². The summed E-state index contributed by atoms with van der Waals surface area (Å²) in [5.41, 5.74) is 2.74. The van der Waals surface area contributed by atoms with Crippen LogP contribution in [0, 0.1) is 0 Å². The first-order valence-electron chi connectivity index (χ1n) is 12.0. The van der Waals surface area contributed by atoms with E-state index in [0.29, 0.717) is 54.0 Å². The fourth-order valence-electron chi connectivity index (χ4n) is 4.13. The molecule has 0 saturated heterocycles. The number of imidazole rings is 1. The minimum atomic E-state index is -0.179. The molecule has 3 aromatic rings. The third-order valence-electron chi connectivity index (χ3n) is 6.28. The molecule has 3 heterocycles. The number of nitrogens with one attached hydrogen (secondary N) is 2. The van der Waals surface area contributed by atoms with E-state index in [0.717, 1.165) is 18.7 Å². The van der Waals surface area contributed by atoms with Gasteiger partial charge in [0.15, 0.2) is 5.82 Å². The SMILES string of the molecule is COc1cc(C(=O)NCCCn2ccnc2)ccc1Nc1ncc2c(n1)N(C1=CC=C1)CCC(=O)N2C. The molecule has 0 saturated carbocycles. The van der Waals surface area contributed by atoms with Gasteiger partial charge in [-0.2, -0.15) is 4.98 Å². The topological polar surface area (TPSA) is 118 Å². The summed E-state index contributed by atoms with van der Waals surface area (Å²) in [7, 11) is 3.28. The molecule has 2 amide bonds. The maximum Gasteiger partial charge on any atom is 0.251 e. The molecule has 190 valence electrons. The molecule has 1 aliphatic carbocycles. The van der Waals surface area contributed by atoms with Crippen molar-refractivity contribution in [1.82, 2.24) is 24.8 Å². The molecule has 1 aliphatic heterocycles. The van der Waals surface area contributed by atoms with E-state index in [1.54, 1.807) is 56.0 Å². The Morgan fingerprint density at radius 2 is 2.14 bits per heavy atom. The molecule has 2 aromatic heterocycles. The van der Waals surface area contributed by atoms with Gasteiger partial charge >= 0.3 is 0 Å². The van der Waals surface area contributed by atoms with E-state index in [2.05, 4.69) is 20.6 Å². The molecule has 11 heteroatoms. The largest absolute Gasteiger partial charge is 0.495 e. The minimum Gasteiger partial charge on any atom is -0.495 e. The monoisotopic (exact) mass is 500 g/mol. The summed E-state index contributed by atoms with van der Waals surface area (Å²) >= 11 is 0. The van der Waals surface area contributed by atoms with Crippen molar-refractivity contribution in [3.05, 3.63) is 72.6 Å². The third kappa shape index (κ3) is 5.15. The number of hydrogen-bond donors (Lipinski definition) is 2. The Bertz CT molecular complexity index is 1370. The summed E-state index contributed by atoms with van der Waals surface area (Å²) in [6.07, 6.45) is 14.1. The van der Waals surface area contributed by atoms with E-state index in [4.69, 9.17) is 9.72 Å². The molecular formula is C26H28N8O3. The zero-order valence-electron chi connectivity index (χ0n) is 20.7. The van der Waals surface area contributed by atoms with Crippen molar-refractivity contribution < 1.29 is 14.3 Å². The quantitative estimate of drug-likeness (QED) is 0.431. The fourth-order valence-corrected chi connectivity index (χ4v) is 4.13. The number of benzene rings is 1. The molecule has 2 aliphatic rings. The number of anilines is 4. The fraction of sp³-hybridized carbons (Fsp3) is 0.269. The van der Waals surface area contributed by atoms with E-state index >= 15 is 0 Å². The molecule has 0 atom stereocenters. The number of methoxy groups -OCH3 is 1. The van der Waals surface area contributed by atoms with Gasteiger partial charge in [-0.1, -0.05) is 6.08 Å². The predicted octanol–water partition coefficient (Wildman–Crippen LogP) is 2.87. The van der Waals surface area contributed by atoms with Crippen LogP contribution in [0.2, 0.25) is 0 Å². The standard InChI is InChI=1S/C26H28N8O3/c1-32-21-16-29-26(31-24(21)34(13-9-23(32)35)19-5-3-6-19)30-20-8-7-18(15-22(20)37-2)25(36)28-10-4-12-33-14-11-27-17-33/h3,5-8,11,14-17H,4,9-10,12-13H2,1-2H3,(H,28,36)(H,29,30,31). The van der Waals surface area contributed by atoms with Crippen molar-refractivity contribution in [2.24, 2.45) is 0 Å². The van der Waals surface area contributed by atoms with Crippen LogP contribution in [0.25, 0.3) is 0 Å². The van der Waals surface area contributed by atoms with Gasteiger partial charge in [0.1, 0.15) is 11.4 Å². The van der Waals surface area contributed by atoms with Gasteiger partial charge in [-0.15, -0.1) is 0 Å². The molecule has 1 aromatic carbocycles. The van der Waals surface area contributed by atoms with Gasteiger partial charge < -0.3 is 29.7 Å². The smallest absolute Gasteiger partial charge is 0.251 e. The Hall–Kier alpha value is -4.67. The molecule has 37 heavy (non-hydrogen) atoms. The Labute approximate surface area is 214 Å². The third-order valence-corrected chi connectivity index (χ3v) is 6.28. The second-order valence-corrected chi connectivity index (χ2v) is 8.66. The number of aromatic nitrogens is 4. The lowest BCUT2D eigenvalue weighted by Crippen LogP contribution is -2.26. The number of ether oxygens (including phenoxy) is 1. The number of carbonyl (C=O) groups excluding carboxylic acids is 2. The Morgan fingerprint density at radius 3 is 2.86 bits per heavy atom. The van der Waals surface area contributed by atoms with Crippen LogP contribution in [-0.2, 0) is 11.3 Å². The number of nitrogens with zero attached hydrogens (tertiary/aromatic N) is 6. The number of fused-ring (bicyclic) bond motifs is 1. The van der Waals surface area contributed by atoms with Crippen molar-refractivity contribution in [3.8, 4) is 5.75 Å². The van der Waals surface area contributed by atoms with Crippen LogP contribution in [-0.4, -0.2) is 58.6 Å². The second kappa shape index (κ2) is 10.5. The lowest BCUT2D eigenvalue weighted by Gasteiger charge is -2.27. The molecule has 11 nitrogen and oxygen atoms in total. The van der Waals surface area contributed by atoms with Crippen molar-refractivity contribution in [1.29, 1.82) is 0 Å². The molecule has 0 bridgehead atoms. The number of rotatable bonds is 9. The lowest BCUT2D eigenvalue weighted by atomic mass is 10.1. The van der Waals surface area contributed by atoms with E-state index < -0.39 is 0 Å². The van der Waals surface area contributed by atoms with Crippen molar-refractivity contribution >= 4 is 35.0 Å². The molecule has 0 unspecified atom stereocenters. The van der Waals surface area contributed by atoms with Gasteiger partial charge in [0, 0.05) is 56.8 Å². The van der Waals surface area contributed by atoms with Gasteiger partial charge in [-0.25, -0.2) is 9.97 Å². The Morgan fingerprint density at radius 1 is 1.27 bits per heavy atom. The van der Waals surface area contributed by atoms with Gasteiger partial charge in [0.05, 0.1) is 25.3 Å². The first-order chi connectivity index (χ1) is 18.0. The molecule has 5 rings (SSSR count). The summed E-state index contributed by atoms with van der Waals surface area (Å²) in [5.74, 6) is 1.31. The summed E-state index contributed by atoms with van der Waals surface area (Å²) < 4.78 is 7.51. The maximum atomic E-state index is 12.6. The highest BCUT2D eigenvalue weighted by molar-refractivity contribution is 5.98. The van der Waals surface area contributed by atoms with Crippen molar-refractivity contribution in [3.63, 3.8) is 0 Å². The molecule has 2 N–H and O–H groups in total. The predicted molar refractivity (Wildman–Crippen MR) is 140 cm³/mol. The van der Waals surface area contributed by atoms with E-state index in [1.165, 1.54) is 0 Å². The first kappa shape index (κ1) is 24.0. The first-order valence-corrected chi connectivity index (χ1v) is 12.0. The van der Waals surface area contributed by atoms with Crippen LogP contribution in [0.15, 0.2) is 67.0 Å². The van der Waals surface area contributed by atoms with Gasteiger partial charge in [-0.3, -0.25) is 9.59 Å². The average molecular weight is 501 g/mol. The number of hydrogen-bond acceptors (Lipinski definition) is 8. The highest BCUT2D eigenvalue weighted by Gasteiger charge is 2.28. The highest BCUT2D eigenvalue weighted by atomic mass is 16.5. The van der Waals surface area contributed by atoms with E-state index in [-0.39, 0.29) is 11.8 Å². The number of allylic oxidation sites excluding steroid dienone is 3. The van der Waals surface area contributed by atoms with E-state index in [1.807, 2.05) is 33.9 Å². The number of carbonyl (C=O) groups is 2. The van der Waals surface area contributed by atoms with E-state index in [9.17, 15) is 9.59 Å². The Kier molecular flexibility index (Phi) is 6.84. The van der Waals surface area contributed by atoms with Crippen LogP contribution < -0.4 is 25.2 Å². The summed E-state index contributed by atoms with van der Waals surface area (Å²) in [6.45, 7) is 1.85. The average Bonchev–Trinajstić information content (AvgIpc) is 3.37. The van der Waals surface area contributed by atoms with Crippen molar-refractivity contribution in [2.75, 3.05) is 42.4 Å². The lowest BCUT2D eigenvalue weighted by molar-refractivity contribution is -0.118. The van der Waals surface area contributed by atoms with Crippen LogP contribution in [0.4, 0.5) is 23.1 Å². The molecular weight excluding hydrogens is 472 g/mol.